The highest BCUT2D eigenvalue weighted by molar-refractivity contribution is 6.04. The van der Waals surface area contributed by atoms with E-state index >= 15 is 0 Å². The second kappa shape index (κ2) is 7.22. The first kappa shape index (κ1) is 17.4. The molecule has 4 nitrogen and oxygen atoms in total. The van der Waals surface area contributed by atoms with Crippen molar-refractivity contribution in [1.82, 2.24) is 4.98 Å². The molecule has 0 atom stereocenters. The fraction of sp³-hybridized carbons (Fsp3) is 0. The molecule has 132 valence electrons. The molecule has 0 radical (unpaired) electrons. The number of nitrogens with zero attached hydrogens (tertiary/aromatic N) is 1. The molecule has 2 N–H and O–H groups in total. The van der Waals surface area contributed by atoms with E-state index in [1.165, 1.54) is 24.3 Å². The third-order valence-electron chi connectivity index (χ3n) is 3.44. The molecule has 0 aliphatic rings. The largest absolute Gasteiger partial charge is 0.335 e. The van der Waals surface area contributed by atoms with Crippen LogP contribution in [0.5, 0.6) is 0 Å². The number of amides is 1. The number of carbonyl (C=O) groups is 1. The molecule has 3 aromatic rings. The zero-order valence-corrected chi connectivity index (χ0v) is 13.1. The summed E-state index contributed by atoms with van der Waals surface area (Å²) in [5.41, 5.74) is -0.953. The average Bonchev–Trinajstić information content (AvgIpc) is 2.62. The summed E-state index contributed by atoms with van der Waals surface area (Å²) in [5, 5.41) is 4.57. The van der Waals surface area contributed by atoms with E-state index in [1.54, 1.807) is 0 Å². The molecular formula is C18H11F4N3O. The van der Waals surface area contributed by atoms with Crippen LogP contribution in [0.4, 0.5) is 34.8 Å². The highest BCUT2D eigenvalue weighted by atomic mass is 19.1. The van der Waals surface area contributed by atoms with Crippen molar-refractivity contribution in [2.45, 2.75) is 0 Å². The summed E-state index contributed by atoms with van der Waals surface area (Å²) in [4.78, 5) is 15.9. The molecule has 1 aromatic heterocycles. The van der Waals surface area contributed by atoms with Gasteiger partial charge < -0.3 is 10.6 Å². The van der Waals surface area contributed by atoms with E-state index in [0.29, 0.717) is 0 Å². The van der Waals surface area contributed by atoms with Crippen LogP contribution in [0.1, 0.15) is 10.4 Å². The van der Waals surface area contributed by atoms with Crippen molar-refractivity contribution in [2.24, 2.45) is 0 Å². The summed E-state index contributed by atoms with van der Waals surface area (Å²) >= 11 is 0. The molecule has 0 unspecified atom stereocenters. The summed E-state index contributed by atoms with van der Waals surface area (Å²) in [6, 6.07) is 9.16. The number of halogens is 4. The fourth-order valence-electron chi connectivity index (χ4n) is 2.15. The predicted octanol–water partition coefficient (Wildman–Crippen LogP) is 4.63. The van der Waals surface area contributed by atoms with Crippen molar-refractivity contribution in [2.75, 3.05) is 10.6 Å². The molecule has 8 heteroatoms. The Kier molecular flexibility index (Phi) is 4.83. The lowest BCUT2D eigenvalue weighted by Gasteiger charge is -2.09. The molecule has 3 rings (SSSR count). The van der Waals surface area contributed by atoms with Gasteiger partial charge in [0.05, 0.1) is 5.56 Å². The van der Waals surface area contributed by atoms with Crippen molar-refractivity contribution < 1.29 is 22.4 Å². The van der Waals surface area contributed by atoms with Gasteiger partial charge in [0.15, 0.2) is 0 Å². The van der Waals surface area contributed by atoms with E-state index in [2.05, 4.69) is 15.6 Å². The summed E-state index contributed by atoms with van der Waals surface area (Å²) < 4.78 is 54.3. The lowest BCUT2D eigenvalue weighted by Crippen LogP contribution is -2.14. The van der Waals surface area contributed by atoms with Crippen LogP contribution in [0.25, 0.3) is 0 Å². The van der Waals surface area contributed by atoms with Crippen LogP contribution < -0.4 is 10.6 Å². The Hall–Kier alpha value is -3.42. The van der Waals surface area contributed by atoms with Crippen molar-refractivity contribution >= 4 is 23.1 Å². The number of benzene rings is 2. The van der Waals surface area contributed by atoms with Crippen LogP contribution in [0, 0.1) is 23.3 Å². The van der Waals surface area contributed by atoms with Gasteiger partial charge in [-0.3, -0.25) is 4.79 Å². The number of rotatable bonds is 4. The standard InChI is InChI=1S/C18H11F4N3O/c19-11-3-1-4-12(20)16(11)24-15-8-7-10(9-23-15)18(26)25-17-13(21)5-2-6-14(17)22/h1-9H,(H,23,24)(H,25,26). The van der Waals surface area contributed by atoms with Crippen LogP contribution in [0.3, 0.4) is 0 Å². The first-order valence-corrected chi connectivity index (χ1v) is 7.38. The van der Waals surface area contributed by atoms with Crippen LogP contribution in [0.15, 0.2) is 54.7 Å². The van der Waals surface area contributed by atoms with Gasteiger partial charge in [-0.2, -0.15) is 0 Å². The molecule has 26 heavy (non-hydrogen) atoms. The maximum absolute atomic E-state index is 13.6. The third-order valence-corrected chi connectivity index (χ3v) is 3.44. The van der Waals surface area contributed by atoms with Crippen molar-refractivity contribution in [3.8, 4) is 0 Å². The molecule has 0 aliphatic heterocycles. The molecule has 0 spiro atoms. The highest BCUT2D eigenvalue weighted by Gasteiger charge is 2.14. The maximum atomic E-state index is 13.6. The lowest BCUT2D eigenvalue weighted by atomic mass is 10.2. The minimum Gasteiger partial charge on any atom is -0.335 e. The van der Waals surface area contributed by atoms with E-state index in [-0.39, 0.29) is 17.1 Å². The van der Waals surface area contributed by atoms with E-state index in [4.69, 9.17) is 0 Å². The fourth-order valence-corrected chi connectivity index (χ4v) is 2.15. The van der Waals surface area contributed by atoms with Gasteiger partial charge in [-0.05, 0) is 36.4 Å². The number of hydrogen-bond donors (Lipinski definition) is 2. The van der Waals surface area contributed by atoms with E-state index in [9.17, 15) is 22.4 Å². The quantitative estimate of drug-likeness (QED) is 0.666. The van der Waals surface area contributed by atoms with Crippen molar-refractivity contribution in [3.63, 3.8) is 0 Å². The Morgan fingerprint density at radius 1 is 0.769 bits per heavy atom. The normalized spacial score (nSPS) is 10.5. The Morgan fingerprint density at radius 3 is 1.81 bits per heavy atom. The van der Waals surface area contributed by atoms with Gasteiger partial charge in [0.1, 0.15) is 40.5 Å². The molecular weight excluding hydrogens is 350 g/mol. The topological polar surface area (TPSA) is 54.0 Å². The maximum Gasteiger partial charge on any atom is 0.257 e. The van der Waals surface area contributed by atoms with E-state index < -0.39 is 34.9 Å². The zero-order chi connectivity index (χ0) is 18.7. The number of para-hydroxylation sites is 2. The van der Waals surface area contributed by atoms with Gasteiger partial charge in [-0.1, -0.05) is 12.1 Å². The van der Waals surface area contributed by atoms with Crippen molar-refractivity contribution in [1.29, 1.82) is 0 Å². The van der Waals surface area contributed by atoms with Crippen LogP contribution in [0.2, 0.25) is 0 Å². The van der Waals surface area contributed by atoms with Gasteiger partial charge in [-0.25, -0.2) is 22.5 Å². The highest BCUT2D eigenvalue weighted by Crippen LogP contribution is 2.23. The number of carbonyl (C=O) groups excluding carboxylic acids is 1. The molecule has 0 fully saturated rings. The first-order chi connectivity index (χ1) is 12.5. The number of anilines is 3. The summed E-state index contributed by atoms with van der Waals surface area (Å²) in [7, 11) is 0. The number of hydrogen-bond acceptors (Lipinski definition) is 3. The van der Waals surface area contributed by atoms with Gasteiger partial charge in [0.25, 0.3) is 5.91 Å². The summed E-state index contributed by atoms with van der Waals surface area (Å²) in [6.07, 6.45) is 1.11. The third kappa shape index (κ3) is 3.64. The van der Waals surface area contributed by atoms with E-state index in [0.717, 1.165) is 30.5 Å². The van der Waals surface area contributed by atoms with Crippen LogP contribution in [-0.2, 0) is 0 Å². The van der Waals surface area contributed by atoms with Gasteiger partial charge in [-0.15, -0.1) is 0 Å². The Labute approximate surface area is 145 Å². The Bertz CT molecular complexity index is 921. The molecule has 1 amide bonds. The minimum absolute atomic E-state index is 0.00667. The summed E-state index contributed by atoms with van der Waals surface area (Å²) in [6.45, 7) is 0. The van der Waals surface area contributed by atoms with Gasteiger partial charge in [0, 0.05) is 6.20 Å². The smallest absolute Gasteiger partial charge is 0.257 e. The van der Waals surface area contributed by atoms with Crippen LogP contribution >= 0.6 is 0 Å². The second-order valence-corrected chi connectivity index (χ2v) is 5.20. The zero-order valence-electron chi connectivity index (χ0n) is 13.1. The minimum atomic E-state index is -0.917. The number of aromatic nitrogens is 1. The molecule has 0 saturated carbocycles. The average molecular weight is 361 g/mol. The molecule has 2 aromatic carbocycles. The second-order valence-electron chi connectivity index (χ2n) is 5.20. The van der Waals surface area contributed by atoms with Crippen molar-refractivity contribution in [3.05, 3.63) is 83.6 Å². The van der Waals surface area contributed by atoms with Gasteiger partial charge in [0.2, 0.25) is 0 Å². The molecule has 0 saturated heterocycles. The first-order valence-electron chi connectivity index (χ1n) is 7.38. The number of nitrogens with one attached hydrogen (secondary N) is 2. The monoisotopic (exact) mass is 361 g/mol. The Morgan fingerprint density at radius 2 is 1.31 bits per heavy atom. The summed E-state index contributed by atoms with van der Waals surface area (Å²) in [5.74, 6) is -4.14. The van der Waals surface area contributed by atoms with Crippen LogP contribution in [-0.4, -0.2) is 10.9 Å². The predicted molar refractivity (Wildman–Crippen MR) is 88.2 cm³/mol. The van der Waals surface area contributed by atoms with E-state index in [1.807, 2.05) is 0 Å². The molecule has 1 heterocycles. The van der Waals surface area contributed by atoms with Gasteiger partial charge >= 0.3 is 0 Å². The lowest BCUT2D eigenvalue weighted by molar-refractivity contribution is 0.102. The Balaban J connectivity index is 1.76. The number of pyridine rings is 1. The SMILES string of the molecule is O=C(Nc1c(F)cccc1F)c1ccc(Nc2c(F)cccc2F)nc1. The molecule has 0 bridgehead atoms. The molecule has 0 aliphatic carbocycles.